The van der Waals surface area contributed by atoms with E-state index in [0.717, 1.165) is 10.5 Å². The summed E-state index contributed by atoms with van der Waals surface area (Å²) in [5, 5.41) is 3.46. The van der Waals surface area contributed by atoms with Crippen molar-refractivity contribution in [2.75, 3.05) is 10.2 Å². The van der Waals surface area contributed by atoms with Crippen molar-refractivity contribution in [3.8, 4) is 0 Å². The van der Waals surface area contributed by atoms with E-state index in [1.54, 1.807) is 42.5 Å². The lowest BCUT2D eigenvalue weighted by molar-refractivity contribution is -0.120. The predicted molar refractivity (Wildman–Crippen MR) is 121 cm³/mol. The summed E-state index contributed by atoms with van der Waals surface area (Å²) in [5.74, 6) is -1.08. The Bertz CT molecular complexity index is 1180. The van der Waals surface area contributed by atoms with E-state index >= 15 is 0 Å². The number of carbonyl (C=O) groups is 2. The number of benzene rings is 3. The first-order chi connectivity index (χ1) is 14.8. The Hall–Kier alpha value is -3.44. The zero-order valence-corrected chi connectivity index (χ0v) is 17.8. The van der Waals surface area contributed by atoms with E-state index in [0.29, 0.717) is 27.9 Å². The first kappa shape index (κ1) is 20.8. The van der Waals surface area contributed by atoms with Crippen LogP contribution in [0.5, 0.6) is 0 Å². The highest BCUT2D eigenvalue weighted by molar-refractivity contribution is 6.46. The van der Waals surface area contributed by atoms with Crippen molar-refractivity contribution >= 4 is 40.4 Å². The monoisotopic (exact) mass is 434 g/mol. The summed E-state index contributed by atoms with van der Waals surface area (Å²) in [6, 6.07) is 19.7. The third-order valence-electron chi connectivity index (χ3n) is 5.13. The number of hydrogen-bond acceptors (Lipinski definition) is 3. The maximum absolute atomic E-state index is 13.7. The summed E-state index contributed by atoms with van der Waals surface area (Å²) in [6.07, 6.45) is 0. The Labute approximate surface area is 185 Å². The molecule has 1 N–H and O–H groups in total. The third-order valence-corrected chi connectivity index (χ3v) is 5.38. The number of halogens is 2. The molecule has 0 bridgehead atoms. The second-order valence-electron chi connectivity index (χ2n) is 7.58. The molecule has 0 aromatic heterocycles. The van der Waals surface area contributed by atoms with Gasteiger partial charge in [0.1, 0.15) is 11.5 Å². The summed E-state index contributed by atoms with van der Waals surface area (Å²) in [6.45, 7) is 4.14. The Balaban J connectivity index is 1.78. The fraction of sp³-hybridized carbons (Fsp3) is 0.120. The van der Waals surface area contributed by atoms with Crippen molar-refractivity contribution < 1.29 is 14.0 Å². The summed E-state index contributed by atoms with van der Waals surface area (Å²) in [4.78, 5) is 27.9. The molecule has 0 saturated heterocycles. The van der Waals surface area contributed by atoms with Crippen molar-refractivity contribution in [1.82, 2.24) is 0 Å². The maximum atomic E-state index is 13.7. The number of hydrogen-bond donors (Lipinski definition) is 1. The Morgan fingerprint density at radius 2 is 1.58 bits per heavy atom. The van der Waals surface area contributed by atoms with Gasteiger partial charge in [0.2, 0.25) is 0 Å². The van der Waals surface area contributed by atoms with Crippen molar-refractivity contribution in [2.24, 2.45) is 0 Å². The second-order valence-corrected chi connectivity index (χ2v) is 8.02. The van der Waals surface area contributed by atoms with Gasteiger partial charge in [0.05, 0.1) is 11.3 Å². The van der Waals surface area contributed by atoms with Gasteiger partial charge in [-0.15, -0.1) is 0 Å². The zero-order valence-electron chi connectivity index (χ0n) is 17.0. The van der Waals surface area contributed by atoms with E-state index in [1.807, 2.05) is 12.1 Å². The van der Waals surface area contributed by atoms with Crippen molar-refractivity contribution in [1.29, 1.82) is 0 Å². The highest BCUT2D eigenvalue weighted by Crippen LogP contribution is 2.34. The third kappa shape index (κ3) is 4.09. The summed E-state index contributed by atoms with van der Waals surface area (Å²) in [5.41, 5.74) is 2.79. The van der Waals surface area contributed by atoms with E-state index in [1.165, 1.54) is 18.2 Å². The Morgan fingerprint density at radius 3 is 2.19 bits per heavy atom. The minimum atomic E-state index is -0.503. The number of anilines is 2. The molecule has 0 spiro atoms. The topological polar surface area (TPSA) is 49.4 Å². The second kappa shape index (κ2) is 8.36. The lowest BCUT2D eigenvalue weighted by Gasteiger charge is -2.16. The molecule has 0 fully saturated rings. The minimum Gasteiger partial charge on any atom is -0.350 e. The van der Waals surface area contributed by atoms with Gasteiger partial charge in [-0.1, -0.05) is 55.8 Å². The van der Waals surface area contributed by atoms with Crippen LogP contribution in [-0.4, -0.2) is 11.8 Å². The lowest BCUT2D eigenvalue weighted by Crippen LogP contribution is -2.32. The van der Waals surface area contributed by atoms with Crippen LogP contribution in [0.15, 0.2) is 78.5 Å². The number of amides is 2. The van der Waals surface area contributed by atoms with E-state index in [9.17, 15) is 14.0 Å². The smallest absolute Gasteiger partial charge is 0.282 e. The van der Waals surface area contributed by atoms with Crippen LogP contribution < -0.4 is 10.2 Å². The fourth-order valence-corrected chi connectivity index (χ4v) is 3.61. The van der Waals surface area contributed by atoms with Crippen molar-refractivity contribution in [2.45, 2.75) is 19.8 Å². The number of carbonyl (C=O) groups excluding carboxylic acids is 2. The molecule has 3 aromatic carbocycles. The van der Waals surface area contributed by atoms with E-state index < -0.39 is 17.6 Å². The molecule has 1 aliphatic rings. The molecule has 0 saturated carbocycles. The molecular weight excluding hydrogens is 415 g/mol. The minimum absolute atomic E-state index is 0.0888. The average molecular weight is 435 g/mol. The van der Waals surface area contributed by atoms with Gasteiger partial charge in [0, 0.05) is 10.7 Å². The highest BCUT2D eigenvalue weighted by Gasteiger charge is 2.40. The van der Waals surface area contributed by atoms with Crippen molar-refractivity contribution in [3.05, 3.63) is 100 Å². The molecule has 3 aromatic rings. The summed E-state index contributed by atoms with van der Waals surface area (Å²) in [7, 11) is 0. The molecule has 4 rings (SSSR count). The van der Waals surface area contributed by atoms with Crippen LogP contribution in [-0.2, 0) is 9.59 Å². The fourth-order valence-electron chi connectivity index (χ4n) is 3.48. The average Bonchev–Trinajstić information content (AvgIpc) is 2.98. The van der Waals surface area contributed by atoms with Crippen LogP contribution in [0, 0.1) is 5.82 Å². The van der Waals surface area contributed by atoms with Crippen LogP contribution in [0.4, 0.5) is 15.8 Å². The van der Waals surface area contributed by atoms with Crippen LogP contribution in [0.1, 0.15) is 30.9 Å². The molecule has 6 heteroatoms. The maximum Gasteiger partial charge on any atom is 0.282 e. The Kier molecular flexibility index (Phi) is 5.61. The lowest BCUT2D eigenvalue weighted by atomic mass is 10.0. The van der Waals surface area contributed by atoms with Gasteiger partial charge in [-0.3, -0.25) is 9.59 Å². The number of nitrogens with one attached hydrogen (secondary N) is 1. The van der Waals surface area contributed by atoms with Crippen LogP contribution in [0.3, 0.4) is 0 Å². The quantitative estimate of drug-likeness (QED) is 0.501. The molecular formula is C25H20ClFN2O2. The van der Waals surface area contributed by atoms with Gasteiger partial charge in [0.25, 0.3) is 11.8 Å². The number of nitrogens with zero attached hydrogens (tertiary/aromatic N) is 1. The predicted octanol–water partition coefficient (Wildman–Crippen LogP) is 6.00. The number of imide groups is 1. The van der Waals surface area contributed by atoms with Gasteiger partial charge >= 0.3 is 0 Å². The summed E-state index contributed by atoms with van der Waals surface area (Å²) < 4.78 is 13.7. The normalized spacial score (nSPS) is 14.0. The van der Waals surface area contributed by atoms with Gasteiger partial charge < -0.3 is 5.32 Å². The Morgan fingerprint density at radius 1 is 0.903 bits per heavy atom. The first-order valence-electron chi connectivity index (χ1n) is 9.86. The molecule has 1 aliphatic heterocycles. The molecule has 1 heterocycles. The highest BCUT2D eigenvalue weighted by atomic mass is 35.5. The molecule has 31 heavy (non-hydrogen) atoms. The first-order valence-corrected chi connectivity index (χ1v) is 10.2. The standard InChI is InChI=1S/C25H20ClFN2O2/c1-15(2)16-8-12-21(13-9-16)29-24(30)22(17-6-10-18(26)11-7-17)23(25(29)31)28-20-5-3-4-19(27)14-20/h3-15,28H,1-2H3. The van der Waals surface area contributed by atoms with E-state index in [4.69, 9.17) is 11.6 Å². The molecule has 156 valence electrons. The SMILES string of the molecule is CC(C)c1ccc(N2C(=O)C(Nc3cccc(F)c3)=C(c3ccc(Cl)cc3)C2=O)cc1. The summed E-state index contributed by atoms with van der Waals surface area (Å²) >= 11 is 6.00. The molecule has 0 atom stereocenters. The largest absolute Gasteiger partial charge is 0.350 e. The van der Waals surface area contributed by atoms with Gasteiger partial charge in [-0.25, -0.2) is 9.29 Å². The molecule has 0 radical (unpaired) electrons. The van der Waals surface area contributed by atoms with E-state index in [2.05, 4.69) is 19.2 Å². The van der Waals surface area contributed by atoms with Crippen molar-refractivity contribution in [3.63, 3.8) is 0 Å². The molecule has 0 aliphatic carbocycles. The molecule has 2 amide bonds. The number of rotatable bonds is 5. The van der Waals surface area contributed by atoms with E-state index in [-0.39, 0.29) is 11.3 Å². The van der Waals surface area contributed by atoms with Gasteiger partial charge in [-0.05, 0) is 59.5 Å². The van der Waals surface area contributed by atoms with Crippen LogP contribution in [0.2, 0.25) is 5.02 Å². The zero-order chi connectivity index (χ0) is 22.1. The molecule has 0 unspecified atom stereocenters. The molecule has 4 nitrogen and oxygen atoms in total. The van der Waals surface area contributed by atoms with Crippen LogP contribution >= 0.6 is 11.6 Å². The van der Waals surface area contributed by atoms with Crippen LogP contribution in [0.25, 0.3) is 5.57 Å². The van der Waals surface area contributed by atoms with Gasteiger partial charge in [-0.2, -0.15) is 0 Å². The van der Waals surface area contributed by atoms with Gasteiger partial charge in [0.15, 0.2) is 0 Å².